The Morgan fingerprint density at radius 3 is 2.70 bits per heavy atom. The summed E-state index contributed by atoms with van der Waals surface area (Å²) in [4.78, 5) is 18.4. The van der Waals surface area contributed by atoms with Gasteiger partial charge in [0.2, 0.25) is 4.96 Å². The standard InChI is InChI=1S/C17H11N3OS2/c21-16-14(9-4-8-12-6-2-1-3-7-12)23-17-18-15(19-20(16)17)13-10-5-11-22-13/h1-11H/b8-4+,14-9+. The SMILES string of the molecule is O=c1/c(=C\C=C\c2ccccc2)sc2nc(-c3cccs3)nn12. The van der Waals surface area contributed by atoms with Gasteiger partial charge in [0.25, 0.3) is 5.56 Å². The molecule has 0 aliphatic carbocycles. The van der Waals surface area contributed by atoms with Crippen molar-refractivity contribution < 1.29 is 0 Å². The van der Waals surface area contributed by atoms with E-state index in [0.717, 1.165) is 10.4 Å². The second-order valence-electron chi connectivity index (χ2n) is 4.82. The first kappa shape index (κ1) is 14.0. The summed E-state index contributed by atoms with van der Waals surface area (Å²) >= 11 is 2.91. The minimum absolute atomic E-state index is 0.127. The van der Waals surface area contributed by atoms with Gasteiger partial charge < -0.3 is 0 Å². The third-order valence-corrected chi connectivity index (χ3v) is 5.10. The topological polar surface area (TPSA) is 47.3 Å². The monoisotopic (exact) mass is 337 g/mol. The summed E-state index contributed by atoms with van der Waals surface area (Å²) in [6.45, 7) is 0. The third kappa shape index (κ3) is 2.74. The minimum Gasteiger partial charge on any atom is -0.266 e. The van der Waals surface area contributed by atoms with Gasteiger partial charge in [0, 0.05) is 0 Å². The molecule has 0 spiro atoms. The van der Waals surface area contributed by atoms with E-state index in [1.807, 2.05) is 60.0 Å². The number of hydrogen-bond donors (Lipinski definition) is 0. The van der Waals surface area contributed by atoms with Crippen LogP contribution in [-0.2, 0) is 0 Å². The largest absolute Gasteiger partial charge is 0.291 e. The van der Waals surface area contributed by atoms with Crippen LogP contribution in [0.1, 0.15) is 5.56 Å². The van der Waals surface area contributed by atoms with Gasteiger partial charge in [-0.1, -0.05) is 59.9 Å². The maximum absolute atomic E-state index is 12.4. The summed E-state index contributed by atoms with van der Waals surface area (Å²) in [5.74, 6) is 0.606. The van der Waals surface area contributed by atoms with Gasteiger partial charge in [-0.2, -0.15) is 9.50 Å². The summed E-state index contributed by atoms with van der Waals surface area (Å²) in [7, 11) is 0. The van der Waals surface area contributed by atoms with Gasteiger partial charge in [-0.05, 0) is 23.1 Å². The Kier molecular flexibility index (Phi) is 3.61. The summed E-state index contributed by atoms with van der Waals surface area (Å²) in [5.41, 5.74) is 0.966. The van der Waals surface area contributed by atoms with Crippen molar-refractivity contribution in [2.24, 2.45) is 0 Å². The molecule has 0 aliphatic heterocycles. The lowest BCUT2D eigenvalue weighted by atomic mass is 10.2. The van der Waals surface area contributed by atoms with E-state index in [-0.39, 0.29) is 5.56 Å². The van der Waals surface area contributed by atoms with Crippen molar-refractivity contribution in [3.63, 3.8) is 0 Å². The van der Waals surface area contributed by atoms with Crippen LogP contribution in [0.2, 0.25) is 0 Å². The Labute approximate surface area is 139 Å². The van der Waals surface area contributed by atoms with E-state index >= 15 is 0 Å². The summed E-state index contributed by atoms with van der Waals surface area (Å²) in [6.07, 6.45) is 5.65. The molecule has 0 bridgehead atoms. The van der Waals surface area contributed by atoms with Crippen molar-refractivity contribution in [3.8, 4) is 10.7 Å². The van der Waals surface area contributed by atoms with E-state index in [1.54, 1.807) is 17.4 Å². The number of nitrogens with zero attached hydrogens (tertiary/aromatic N) is 3. The summed E-state index contributed by atoms with van der Waals surface area (Å²) < 4.78 is 2.01. The number of hydrogen-bond acceptors (Lipinski definition) is 5. The average molecular weight is 337 g/mol. The van der Waals surface area contributed by atoms with Gasteiger partial charge in [0.1, 0.15) is 0 Å². The smallest absolute Gasteiger partial charge is 0.266 e. The molecule has 0 radical (unpaired) electrons. The predicted molar refractivity (Wildman–Crippen MR) is 95.6 cm³/mol. The molecule has 3 aromatic heterocycles. The van der Waals surface area contributed by atoms with Gasteiger partial charge in [-0.3, -0.25) is 4.79 Å². The Hall–Kier alpha value is -2.57. The number of benzene rings is 1. The molecular formula is C17H11N3OS2. The molecule has 4 nitrogen and oxygen atoms in total. The predicted octanol–water partition coefficient (Wildman–Crippen LogP) is 3.09. The van der Waals surface area contributed by atoms with Crippen LogP contribution in [0, 0.1) is 0 Å². The quantitative estimate of drug-likeness (QED) is 0.577. The number of thiophene rings is 1. The lowest BCUT2D eigenvalue weighted by molar-refractivity contribution is 0.938. The summed E-state index contributed by atoms with van der Waals surface area (Å²) in [5, 5.41) is 6.28. The number of rotatable bonds is 3. The van der Waals surface area contributed by atoms with Crippen molar-refractivity contribution in [1.29, 1.82) is 0 Å². The highest BCUT2D eigenvalue weighted by molar-refractivity contribution is 7.15. The van der Waals surface area contributed by atoms with E-state index in [9.17, 15) is 4.79 Å². The first-order valence-electron chi connectivity index (χ1n) is 6.98. The molecule has 23 heavy (non-hydrogen) atoms. The van der Waals surface area contributed by atoms with E-state index in [0.29, 0.717) is 15.3 Å². The molecule has 0 fully saturated rings. The molecule has 0 saturated carbocycles. The maximum atomic E-state index is 12.4. The lowest BCUT2D eigenvalue weighted by Crippen LogP contribution is -2.23. The Bertz CT molecular complexity index is 1080. The maximum Gasteiger partial charge on any atom is 0.291 e. The van der Waals surface area contributed by atoms with Crippen LogP contribution in [-0.4, -0.2) is 14.6 Å². The van der Waals surface area contributed by atoms with Crippen molar-refractivity contribution in [2.45, 2.75) is 0 Å². The fraction of sp³-hybridized carbons (Fsp3) is 0. The molecule has 0 saturated heterocycles. The van der Waals surface area contributed by atoms with Crippen LogP contribution in [0.3, 0.4) is 0 Å². The second-order valence-corrected chi connectivity index (χ2v) is 6.77. The second kappa shape index (κ2) is 5.91. The molecule has 4 aromatic rings. The highest BCUT2D eigenvalue weighted by Crippen LogP contribution is 2.21. The zero-order valence-electron chi connectivity index (χ0n) is 11.9. The lowest BCUT2D eigenvalue weighted by Gasteiger charge is -1.87. The van der Waals surface area contributed by atoms with Gasteiger partial charge in [-0.15, -0.1) is 16.4 Å². The zero-order valence-corrected chi connectivity index (χ0v) is 13.6. The minimum atomic E-state index is -0.127. The molecule has 0 aliphatic rings. The van der Waals surface area contributed by atoms with Crippen LogP contribution in [0.15, 0.2) is 58.7 Å². The van der Waals surface area contributed by atoms with Crippen LogP contribution in [0.25, 0.3) is 27.8 Å². The third-order valence-electron chi connectivity index (χ3n) is 3.26. The number of allylic oxidation sites excluding steroid dienone is 1. The van der Waals surface area contributed by atoms with Gasteiger partial charge in [0.05, 0.1) is 9.41 Å². The fourth-order valence-electron chi connectivity index (χ4n) is 2.17. The average Bonchev–Trinajstić information content (AvgIpc) is 3.27. The van der Waals surface area contributed by atoms with Crippen molar-refractivity contribution in [1.82, 2.24) is 14.6 Å². The molecule has 0 amide bonds. The molecule has 0 N–H and O–H groups in total. The fourth-order valence-corrected chi connectivity index (χ4v) is 3.68. The Balaban J connectivity index is 1.70. The molecule has 3 heterocycles. The summed E-state index contributed by atoms with van der Waals surface area (Å²) in [6, 6.07) is 13.9. The van der Waals surface area contributed by atoms with Gasteiger partial charge in [0.15, 0.2) is 5.82 Å². The molecule has 0 atom stereocenters. The van der Waals surface area contributed by atoms with Crippen molar-refractivity contribution in [2.75, 3.05) is 0 Å². The van der Waals surface area contributed by atoms with E-state index in [2.05, 4.69) is 10.1 Å². The van der Waals surface area contributed by atoms with E-state index in [1.165, 1.54) is 15.9 Å². The normalized spacial score (nSPS) is 12.6. The number of aromatic nitrogens is 3. The molecule has 4 rings (SSSR count). The van der Waals surface area contributed by atoms with Crippen LogP contribution < -0.4 is 10.1 Å². The molecular weight excluding hydrogens is 326 g/mol. The van der Waals surface area contributed by atoms with Gasteiger partial charge >= 0.3 is 0 Å². The van der Waals surface area contributed by atoms with Crippen molar-refractivity contribution >= 4 is 39.8 Å². The zero-order chi connectivity index (χ0) is 15.6. The molecule has 0 unspecified atom stereocenters. The van der Waals surface area contributed by atoms with Crippen molar-refractivity contribution in [3.05, 3.63) is 74.4 Å². The first-order chi connectivity index (χ1) is 11.3. The highest BCUT2D eigenvalue weighted by atomic mass is 32.1. The van der Waals surface area contributed by atoms with Crippen LogP contribution in [0.5, 0.6) is 0 Å². The number of fused-ring (bicyclic) bond motifs is 1. The Morgan fingerprint density at radius 1 is 1.09 bits per heavy atom. The van der Waals surface area contributed by atoms with Gasteiger partial charge in [-0.25, -0.2) is 0 Å². The van der Waals surface area contributed by atoms with Crippen LogP contribution in [0.4, 0.5) is 0 Å². The number of thiazole rings is 1. The highest BCUT2D eigenvalue weighted by Gasteiger charge is 2.11. The van der Waals surface area contributed by atoms with E-state index in [4.69, 9.17) is 0 Å². The Morgan fingerprint density at radius 2 is 1.96 bits per heavy atom. The molecule has 1 aromatic carbocycles. The molecule has 112 valence electrons. The van der Waals surface area contributed by atoms with Crippen LogP contribution >= 0.6 is 22.7 Å². The molecule has 6 heteroatoms. The van der Waals surface area contributed by atoms with E-state index < -0.39 is 0 Å². The first-order valence-corrected chi connectivity index (χ1v) is 8.68.